The minimum atomic E-state index is -3.59. The lowest BCUT2D eigenvalue weighted by molar-refractivity contribution is 0.0632. The topological polar surface area (TPSA) is 85.8 Å². The normalized spacial score (nSPS) is 17.9. The number of aryl methyl sites for hydroxylation is 2. The van der Waals surface area contributed by atoms with Crippen LogP contribution in [0.25, 0.3) is 0 Å². The van der Waals surface area contributed by atoms with Crippen LogP contribution in [0.1, 0.15) is 29.9 Å². The molecular weight excluding hydrogens is 280 g/mol. The van der Waals surface area contributed by atoms with Crippen molar-refractivity contribution < 1.29 is 17.6 Å². The van der Waals surface area contributed by atoms with Crippen molar-refractivity contribution in [1.82, 2.24) is 4.31 Å². The van der Waals surface area contributed by atoms with Gasteiger partial charge in [-0.15, -0.1) is 0 Å². The lowest BCUT2D eigenvalue weighted by Crippen LogP contribution is -2.41. The lowest BCUT2D eigenvalue weighted by Gasteiger charge is -2.30. The van der Waals surface area contributed by atoms with Gasteiger partial charge >= 0.3 is 0 Å². The zero-order valence-electron chi connectivity index (χ0n) is 12.2. The smallest absolute Gasteiger partial charge is 0.246 e. The standard InChI is InChI=1S/C13H22N2O4S/c1-9-12(8-14)13(10(2)19-9)20(16,17)15(3)11-4-6-18-7-5-11/h11H,4-8,14H2,1-3H3. The van der Waals surface area contributed by atoms with Gasteiger partial charge in [-0.3, -0.25) is 0 Å². The number of nitrogens with zero attached hydrogens (tertiary/aromatic N) is 1. The average Bonchev–Trinajstić information content (AvgIpc) is 2.73. The van der Waals surface area contributed by atoms with Gasteiger partial charge in [0.2, 0.25) is 10.0 Å². The highest BCUT2D eigenvalue weighted by Gasteiger charge is 2.34. The summed E-state index contributed by atoms with van der Waals surface area (Å²) in [5.41, 5.74) is 6.25. The average molecular weight is 302 g/mol. The first-order valence-electron chi connectivity index (χ1n) is 6.74. The van der Waals surface area contributed by atoms with E-state index >= 15 is 0 Å². The monoisotopic (exact) mass is 302 g/mol. The van der Waals surface area contributed by atoms with Crippen molar-refractivity contribution in [2.45, 2.75) is 44.2 Å². The Balaban J connectivity index is 2.39. The Morgan fingerprint density at radius 2 is 1.85 bits per heavy atom. The van der Waals surface area contributed by atoms with Gasteiger partial charge in [-0.25, -0.2) is 8.42 Å². The number of sulfonamides is 1. The zero-order valence-corrected chi connectivity index (χ0v) is 13.0. The van der Waals surface area contributed by atoms with Gasteiger partial charge in [0.25, 0.3) is 0 Å². The third-order valence-electron chi connectivity index (χ3n) is 3.87. The van der Waals surface area contributed by atoms with Crippen molar-refractivity contribution in [3.05, 3.63) is 17.1 Å². The number of hydrogen-bond donors (Lipinski definition) is 1. The van der Waals surface area contributed by atoms with E-state index < -0.39 is 10.0 Å². The quantitative estimate of drug-likeness (QED) is 0.902. The Morgan fingerprint density at radius 3 is 2.40 bits per heavy atom. The van der Waals surface area contributed by atoms with E-state index in [0.717, 1.165) is 0 Å². The van der Waals surface area contributed by atoms with Gasteiger partial charge in [0.05, 0.1) is 0 Å². The SMILES string of the molecule is Cc1oc(C)c(S(=O)(=O)N(C)C2CCOCC2)c1CN. The van der Waals surface area contributed by atoms with Crippen molar-refractivity contribution in [3.63, 3.8) is 0 Å². The summed E-state index contributed by atoms with van der Waals surface area (Å²) < 4.78 is 37.8. The van der Waals surface area contributed by atoms with Crippen LogP contribution < -0.4 is 5.73 Å². The molecule has 6 nitrogen and oxygen atoms in total. The highest BCUT2D eigenvalue weighted by Crippen LogP contribution is 2.30. The van der Waals surface area contributed by atoms with Crippen LogP contribution in [0.5, 0.6) is 0 Å². The summed E-state index contributed by atoms with van der Waals surface area (Å²) in [7, 11) is -1.97. The lowest BCUT2D eigenvalue weighted by atomic mass is 10.1. The molecule has 1 saturated heterocycles. The molecule has 1 aromatic heterocycles. The Hall–Kier alpha value is -0.890. The predicted octanol–water partition coefficient (Wildman–Crippen LogP) is 1.15. The summed E-state index contributed by atoms with van der Waals surface area (Å²) >= 11 is 0. The van der Waals surface area contributed by atoms with Crippen molar-refractivity contribution in [2.75, 3.05) is 20.3 Å². The van der Waals surface area contributed by atoms with Gasteiger partial charge in [0, 0.05) is 38.4 Å². The molecule has 0 radical (unpaired) electrons. The van der Waals surface area contributed by atoms with Crippen molar-refractivity contribution in [1.29, 1.82) is 0 Å². The summed E-state index contributed by atoms with van der Waals surface area (Å²) in [6, 6.07) is -0.0334. The number of furan rings is 1. The van der Waals surface area contributed by atoms with Gasteiger partial charge in [-0.05, 0) is 26.7 Å². The molecule has 0 bridgehead atoms. The van der Waals surface area contributed by atoms with Crippen molar-refractivity contribution in [3.8, 4) is 0 Å². The number of hydrogen-bond acceptors (Lipinski definition) is 5. The van der Waals surface area contributed by atoms with E-state index in [0.29, 0.717) is 43.1 Å². The molecule has 0 saturated carbocycles. The molecule has 1 aliphatic rings. The van der Waals surface area contributed by atoms with E-state index in [4.69, 9.17) is 14.9 Å². The van der Waals surface area contributed by atoms with Crippen LogP contribution in [0.3, 0.4) is 0 Å². The Kier molecular flexibility index (Phi) is 4.53. The molecule has 20 heavy (non-hydrogen) atoms. The van der Waals surface area contributed by atoms with Crippen LogP contribution in [0.4, 0.5) is 0 Å². The van der Waals surface area contributed by atoms with Crippen molar-refractivity contribution in [2.24, 2.45) is 5.73 Å². The van der Waals surface area contributed by atoms with E-state index in [9.17, 15) is 8.42 Å². The maximum absolute atomic E-state index is 12.8. The Bertz CT molecular complexity index is 573. The fourth-order valence-electron chi connectivity index (χ4n) is 2.67. The first-order chi connectivity index (χ1) is 9.39. The minimum absolute atomic E-state index is 0.0334. The van der Waals surface area contributed by atoms with E-state index in [1.54, 1.807) is 20.9 Å². The molecular formula is C13H22N2O4S. The highest BCUT2D eigenvalue weighted by molar-refractivity contribution is 7.89. The molecule has 2 rings (SSSR count). The molecule has 7 heteroatoms. The predicted molar refractivity (Wildman–Crippen MR) is 74.9 cm³/mol. The third-order valence-corrected chi connectivity index (χ3v) is 5.98. The zero-order chi connectivity index (χ0) is 14.9. The third kappa shape index (κ3) is 2.63. The van der Waals surface area contributed by atoms with Crippen LogP contribution in [-0.4, -0.2) is 39.0 Å². The molecule has 1 aromatic rings. The molecule has 0 aromatic carbocycles. The molecule has 0 aliphatic carbocycles. The number of ether oxygens (including phenoxy) is 1. The summed E-state index contributed by atoms with van der Waals surface area (Å²) in [6.45, 7) is 4.74. The van der Waals surface area contributed by atoms with E-state index in [-0.39, 0.29) is 17.5 Å². The van der Waals surface area contributed by atoms with Gasteiger partial charge in [0.15, 0.2) is 0 Å². The second-order valence-electron chi connectivity index (χ2n) is 5.09. The Labute approximate surface area is 119 Å². The van der Waals surface area contributed by atoms with Crippen LogP contribution in [0.2, 0.25) is 0 Å². The highest BCUT2D eigenvalue weighted by atomic mass is 32.2. The van der Waals surface area contributed by atoms with E-state index in [1.807, 2.05) is 0 Å². The summed E-state index contributed by atoms with van der Waals surface area (Å²) in [6.07, 6.45) is 1.42. The second-order valence-corrected chi connectivity index (χ2v) is 7.03. The maximum Gasteiger partial charge on any atom is 0.246 e. The molecule has 1 aliphatic heterocycles. The van der Waals surface area contributed by atoms with E-state index in [2.05, 4.69) is 0 Å². The molecule has 0 amide bonds. The fourth-order valence-corrected chi connectivity index (χ4v) is 4.51. The van der Waals surface area contributed by atoms with Gasteiger partial charge in [-0.1, -0.05) is 0 Å². The van der Waals surface area contributed by atoms with Gasteiger partial charge < -0.3 is 14.9 Å². The van der Waals surface area contributed by atoms with Crippen LogP contribution >= 0.6 is 0 Å². The molecule has 0 atom stereocenters. The minimum Gasteiger partial charge on any atom is -0.465 e. The summed E-state index contributed by atoms with van der Waals surface area (Å²) in [4.78, 5) is 0.228. The first kappa shape index (κ1) is 15.5. The number of nitrogens with two attached hydrogens (primary N) is 1. The van der Waals surface area contributed by atoms with Gasteiger partial charge in [-0.2, -0.15) is 4.31 Å². The second kappa shape index (κ2) is 5.85. The first-order valence-corrected chi connectivity index (χ1v) is 8.18. The largest absolute Gasteiger partial charge is 0.465 e. The molecule has 0 unspecified atom stereocenters. The summed E-state index contributed by atoms with van der Waals surface area (Å²) in [5, 5.41) is 0. The number of rotatable bonds is 4. The molecule has 1 fully saturated rings. The van der Waals surface area contributed by atoms with Crippen LogP contribution in [0.15, 0.2) is 9.31 Å². The maximum atomic E-state index is 12.8. The molecule has 0 spiro atoms. The van der Waals surface area contributed by atoms with E-state index in [1.165, 1.54) is 4.31 Å². The molecule has 2 N–H and O–H groups in total. The van der Waals surface area contributed by atoms with Crippen LogP contribution in [-0.2, 0) is 21.3 Å². The molecule has 2 heterocycles. The van der Waals surface area contributed by atoms with Crippen molar-refractivity contribution >= 4 is 10.0 Å². The molecule has 114 valence electrons. The van der Waals surface area contributed by atoms with Gasteiger partial charge in [0.1, 0.15) is 16.4 Å². The Morgan fingerprint density at radius 1 is 1.25 bits per heavy atom. The fraction of sp³-hybridized carbons (Fsp3) is 0.692. The van der Waals surface area contributed by atoms with Crippen LogP contribution in [0, 0.1) is 13.8 Å². The summed E-state index contributed by atoms with van der Waals surface area (Å²) in [5.74, 6) is 0.978.